The standard InChI is InChI=1S/C12H17N5O4/c1-2-3-12(14)7(4-18)8(5-19)21-9(12)17-6-15-10(13)16-11(17)20/h6-9,18-19H,4-5,14H2,1H3,(H2,13,16,20)/t7?,8-,9-,12?/m1/s1. The Morgan fingerprint density at radius 3 is 2.76 bits per heavy atom. The highest BCUT2D eigenvalue weighted by molar-refractivity contribution is 5.24. The van der Waals surface area contributed by atoms with Crippen molar-refractivity contribution in [3.8, 4) is 11.8 Å². The van der Waals surface area contributed by atoms with Crippen molar-refractivity contribution in [2.45, 2.75) is 24.8 Å². The summed E-state index contributed by atoms with van der Waals surface area (Å²) in [5.41, 5.74) is 9.54. The molecule has 1 aromatic heterocycles. The van der Waals surface area contributed by atoms with E-state index in [9.17, 15) is 15.0 Å². The molecule has 9 heteroatoms. The summed E-state index contributed by atoms with van der Waals surface area (Å²) < 4.78 is 6.65. The van der Waals surface area contributed by atoms with Crippen molar-refractivity contribution in [1.29, 1.82) is 0 Å². The van der Waals surface area contributed by atoms with Gasteiger partial charge >= 0.3 is 5.69 Å². The molecule has 1 aliphatic rings. The van der Waals surface area contributed by atoms with E-state index in [4.69, 9.17) is 16.2 Å². The van der Waals surface area contributed by atoms with E-state index in [1.165, 1.54) is 0 Å². The molecule has 4 atom stereocenters. The number of aliphatic hydroxyl groups is 2. The van der Waals surface area contributed by atoms with Crippen LogP contribution in [0.4, 0.5) is 5.95 Å². The van der Waals surface area contributed by atoms with Crippen molar-refractivity contribution >= 4 is 5.95 Å². The minimum atomic E-state index is -1.36. The molecule has 2 heterocycles. The Morgan fingerprint density at radius 1 is 1.52 bits per heavy atom. The zero-order valence-corrected chi connectivity index (χ0v) is 11.4. The maximum absolute atomic E-state index is 11.9. The smallest absolute Gasteiger partial charge is 0.354 e. The van der Waals surface area contributed by atoms with Gasteiger partial charge < -0.3 is 26.4 Å². The highest BCUT2D eigenvalue weighted by Gasteiger charge is 2.54. The van der Waals surface area contributed by atoms with E-state index in [1.807, 2.05) is 0 Å². The highest BCUT2D eigenvalue weighted by atomic mass is 16.5. The van der Waals surface area contributed by atoms with Gasteiger partial charge in [0.15, 0.2) is 6.23 Å². The summed E-state index contributed by atoms with van der Waals surface area (Å²) in [5, 5.41) is 18.9. The number of aliphatic hydroxyl groups excluding tert-OH is 2. The fraction of sp³-hybridized carbons (Fsp3) is 0.583. The van der Waals surface area contributed by atoms with Crippen molar-refractivity contribution in [1.82, 2.24) is 14.5 Å². The van der Waals surface area contributed by atoms with Gasteiger partial charge in [-0.3, -0.25) is 4.57 Å². The number of nitrogen functional groups attached to an aromatic ring is 1. The molecule has 0 saturated carbocycles. The zero-order chi connectivity index (χ0) is 15.6. The molecule has 1 aromatic rings. The molecule has 2 rings (SSSR count). The summed E-state index contributed by atoms with van der Waals surface area (Å²) in [5.74, 6) is 4.59. The van der Waals surface area contributed by atoms with E-state index in [2.05, 4.69) is 21.8 Å². The maximum Gasteiger partial charge on any atom is 0.354 e. The van der Waals surface area contributed by atoms with Gasteiger partial charge in [0, 0.05) is 5.92 Å². The second-order valence-corrected chi connectivity index (χ2v) is 4.71. The fourth-order valence-corrected chi connectivity index (χ4v) is 2.49. The summed E-state index contributed by atoms with van der Waals surface area (Å²) in [6.07, 6.45) is -0.634. The SMILES string of the molecule is CC#CC1(N)C(CO)[C@@H](CO)O[C@H]1n1cnc(N)nc1=O. The predicted octanol–water partition coefficient (Wildman–Crippen LogP) is -2.56. The Morgan fingerprint density at radius 2 is 2.24 bits per heavy atom. The van der Waals surface area contributed by atoms with Crippen LogP contribution in [-0.2, 0) is 4.74 Å². The molecule has 6 N–H and O–H groups in total. The average Bonchev–Trinajstić information content (AvgIpc) is 2.71. The minimum absolute atomic E-state index is 0.170. The van der Waals surface area contributed by atoms with Crippen LogP contribution in [0.2, 0.25) is 0 Å². The number of nitrogens with two attached hydrogens (primary N) is 2. The molecule has 0 aliphatic carbocycles. The predicted molar refractivity (Wildman–Crippen MR) is 72.6 cm³/mol. The molecule has 9 nitrogen and oxygen atoms in total. The Kier molecular flexibility index (Phi) is 4.24. The van der Waals surface area contributed by atoms with Crippen LogP contribution in [0.25, 0.3) is 0 Å². The van der Waals surface area contributed by atoms with Gasteiger partial charge in [0.25, 0.3) is 0 Å². The van der Waals surface area contributed by atoms with Gasteiger partial charge in [0.1, 0.15) is 11.9 Å². The molecular formula is C12H17N5O4. The molecule has 0 spiro atoms. The third-order valence-corrected chi connectivity index (χ3v) is 3.49. The van der Waals surface area contributed by atoms with Crippen LogP contribution in [0.5, 0.6) is 0 Å². The first-order valence-electron chi connectivity index (χ1n) is 6.28. The number of rotatable bonds is 3. The minimum Gasteiger partial charge on any atom is -0.396 e. The second-order valence-electron chi connectivity index (χ2n) is 4.71. The zero-order valence-electron chi connectivity index (χ0n) is 11.4. The van der Waals surface area contributed by atoms with E-state index in [-0.39, 0.29) is 19.2 Å². The maximum atomic E-state index is 11.9. The first-order chi connectivity index (χ1) is 9.97. The first-order valence-corrected chi connectivity index (χ1v) is 6.28. The summed E-state index contributed by atoms with van der Waals surface area (Å²) in [6.45, 7) is 0.864. The van der Waals surface area contributed by atoms with Crippen molar-refractivity contribution < 1.29 is 14.9 Å². The summed E-state index contributed by atoms with van der Waals surface area (Å²) in [6, 6.07) is 0. The molecular weight excluding hydrogens is 278 g/mol. The third kappa shape index (κ3) is 2.50. The van der Waals surface area contributed by atoms with Gasteiger partial charge in [0.05, 0.1) is 19.3 Å². The molecule has 1 aliphatic heterocycles. The topological polar surface area (TPSA) is 150 Å². The molecule has 0 amide bonds. The van der Waals surface area contributed by atoms with E-state index >= 15 is 0 Å². The normalized spacial score (nSPS) is 31.7. The fourth-order valence-electron chi connectivity index (χ4n) is 2.49. The quantitative estimate of drug-likeness (QED) is 0.445. The third-order valence-electron chi connectivity index (χ3n) is 3.49. The van der Waals surface area contributed by atoms with Gasteiger partial charge in [-0.1, -0.05) is 5.92 Å². The van der Waals surface area contributed by atoms with Gasteiger partial charge in [-0.25, -0.2) is 9.78 Å². The van der Waals surface area contributed by atoms with Crippen LogP contribution in [0.15, 0.2) is 11.1 Å². The Bertz CT molecular complexity index is 637. The lowest BCUT2D eigenvalue weighted by molar-refractivity contribution is -0.0414. The molecule has 2 unspecified atom stereocenters. The lowest BCUT2D eigenvalue weighted by atomic mass is 9.83. The summed E-state index contributed by atoms with van der Waals surface area (Å²) >= 11 is 0. The highest BCUT2D eigenvalue weighted by Crippen LogP contribution is 2.39. The monoisotopic (exact) mass is 295 g/mol. The number of anilines is 1. The number of nitrogens with zero attached hydrogens (tertiary/aromatic N) is 3. The Hall–Kier alpha value is -1.99. The molecule has 114 valence electrons. The lowest BCUT2D eigenvalue weighted by Gasteiger charge is -2.29. The van der Waals surface area contributed by atoms with Crippen molar-refractivity contribution in [3.63, 3.8) is 0 Å². The molecule has 1 fully saturated rings. The number of aromatic nitrogens is 3. The Balaban J connectivity index is 2.54. The largest absolute Gasteiger partial charge is 0.396 e. The van der Waals surface area contributed by atoms with E-state index in [1.54, 1.807) is 6.92 Å². The van der Waals surface area contributed by atoms with Crippen LogP contribution in [0.1, 0.15) is 13.2 Å². The summed E-state index contributed by atoms with van der Waals surface area (Å²) in [4.78, 5) is 19.2. The molecule has 0 aromatic carbocycles. The van der Waals surface area contributed by atoms with E-state index in [0.29, 0.717) is 0 Å². The van der Waals surface area contributed by atoms with Crippen LogP contribution >= 0.6 is 0 Å². The van der Waals surface area contributed by atoms with Crippen LogP contribution in [-0.4, -0.2) is 49.6 Å². The Labute approximate surface area is 120 Å². The van der Waals surface area contributed by atoms with Gasteiger partial charge in [0.2, 0.25) is 5.95 Å². The van der Waals surface area contributed by atoms with Crippen molar-refractivity contribution in [2.24, 2.45) is 11.7 Å². The van der Waals surface area contributed by atoms with Gasteiger partial charge in [-0.15, -0.1) is 5.92 Å². The van der Waals surface area contributed by atoms with Crippen molar-refractivity contribution in [2.75, 3.05) is 18.9 Å². The number of hydrogen-bond acceptors (Lipinski definition) is 8. The summed E-state index contributed by atoms with van der Waals surface area (Å²) in [7, 11) is 0. The van der Waals surface area contributed by atoms with E-state index in [0.717, 1.165) is 10.9 Å². The van der Waals surface area contributed by atoms with Gasteiger partial charge in [-0.05, 0) is 6.92 Å². The molecule has 1 saturated heterocycles. The second kappa shape index (κ2) is 5.79. The number of ether oxygens (including phenoxy) is 1. The van der Waals surface area contributed by atoms with Crippen LogP contribution in [0, 0.1) is 17.8 Å². The first kappa shape index (κ1) is 15.4. The molecule has 21 heavy (non-hydrogen) atoms. The van der Waals surface area contributed by atoms with Crippen LogP contribution < -0.4 is 17.2 Å². The average molecular weight is 295 g/mol. The molecule has 0 bridgehead atoms. The van der Waals surface area contributed by atoms with Crippen LogP contribution in [0.3, 0.4) is 0 Å². The van der Waals surface area contributed by atoms with E-state index < -0.39 is 29.5 Å². The number of hydrogen-bond donors (Lipinski definition) is 4. The molecule has 0 radical (unpaired) electrons. The lowest BCUT2D eigenvalue weighted by Crippen LogP contribution is -2.53. The van der Waals surface area contributed by atoms with Gasteiger partial charge in [-0.2, -0.15) is 4.98 Å². The van der Waals surface area contributed by atoms with Crippen molar-refractivity contribution in [3.05, 3.63) is 16.8 Å².